The summed E-state index contributed by atoms with van der Waals surface area (Å²) in [5.74, 6) is 0.773. The minimum Gasteiger partial charge on any atom is -0.496 e. The van der Waals surface area contributed by atoms with E-state index in [9.17, 15) is 8.42 Å². The molecule has 5 rings (SSSR count). The van der Waals surface area contributed by atoms with E-state index in [0.29, 0.717) is 35.6 Å². The summed E-state index contributed by atoms with van der Waals surface area (Å²) in [6.45, 7) is 0.864. The zero-order chi connectivity index (χ0) is 23.9. The molecule has 0 aliphatic heterocycles. The number of methoxy groups -OCH3 is 2. The predicted octanol–water partition coefficient (Wildman–Crippen LogP) is 3.26. The Labute approximate surface area is 208 Å². The van der Waals surface area contributed by atoms with E-state index in [-0.39, 0.29) is 23.1 Å². The number of nitrogens with zero attached hydrogens (tertiary/aromatic N) is 3. The Morgan fingerprint density at radius 2 is 1.83 bits per heavy atom. The fourth-order valence-corrected chi connectivity index (χ4v) is 5.54. The molecule has 0 unspecified atom stereocenters. The Hall–Kier alpha value is -3.28. The van der Waals surface area contributed by atoms with Gasteiger partial charge in [0.25, 0.3) is 10.0 Å². The number of anilines is 1. The van der Waals surface area contributed by atoms with Gasteiger partial charge in [-0.15, -0.1) is 12.4 Å². The highest BCUT2D eigenvalue weighted by Gasteiger charge is 2.27. The maximum absolute atomic E-state index is 13.3. The molecule has 0 bridgehead atoms. The normalized spacial score (nSPS) is 12.9. The quantitative estimate of drug-likeness (QED) is 0.362. The molecule has 0 fully saturated rings. The Balaban J connectivity index is 0.00000289. The summed E-state index contributed by atoms with van der Waals surface area (Å²) in [7, 11) is -1.03. The Kier molecular flexibility index (Phi) is 6.93. The number of ether oxygens (including phenoxy) is 2. The van der Waals surface area contributed by atoms with Crippen molar-refractivity contribution in [3.63, 3.8) is 0 Å². The third-order valence-corrected chi connectivity index (χ3v) is 7.34. The van der Waals surface area contributed by atoms with Crippen LogP contribution in [0.5, 0.6) is 11.5 Å². The van der Waals surface area contributed by atoms with Crippen molar-refractivity contribution in [3.8, 4) is 11.5 Å². The molecule has 0 amide bonds. The van der Waals surface area contributed by atoms with Gasteiger partial charge in [-0.05, 0) is 60.2 Å². The zero-order valence-corrected chi connectivity index (χ0v) is 20.9. The summed E-state index contributed by atoms with van der Waals surface area (Å²) < 4.78 is 47.4. The van der Waals surface area contributed by atoms with Crippen molar-refractivity contribution >= 4 is 39.2 Å². The first-order valence-corrected chi connectivity index (χ1v) is 12.3. The molecule has 10 nitrogen and oxygen atoms in total. The minimum atomic E-state index is -4.00. The zero-order valence-electron chi connectivity index (χ0n) is 19.3. The second-order valence-electron chi connectivity index (χ2n) is 8.18. The van der Waals surface area contributed by atoms with Gasteiger partial charge in [0.15, 0.2) is 11.4 Å². The molecule has 0 saturated heterocycles. The second-order valence-corrected chi connectivity index (χ2v) is 9.83. The van der Waals surface area contributed by atoms with Gasteiger partial charge in [0.05, 0.1) is 27.0 Å². The predicted molar refractivity (Wildman–Crippen MR) is 133 cm³/mol. The molecule has 0 atom stereocenters. The number of fused-ring (bicyclic) bond motifs is 2. The third-order valence-electron chi connectivity index (χ3n) is 5.98. The van der Waals surface area contributed by atoms with Gasteiger partial charge in [-0.25, -0.2) is 8.42 Å². The molecule has 35 heavy (non-hydrogen) atoms. The van der Waals surface area contributed by atoms with Gasteiger partial charge < -0.3 is 19.7 Å². The van der Waals surface area contributed by atoms with Crippen LogP contribution in [0.2, 0.25) is 0 Å². The molecule has 1 aliphatic carbocycles. The fourth-order valence-electron chi connectivity index (χ4n) is 4.33. The first-order chi connectivity index (χ1) is 16.4. The van der Waals surface area contributed by atoms with E-state index < -0.39 is 10.0 Å². The van der Waals surface area contributed by atoms with E-state index in [1.807, 2.05) is 6.20 Å². The lowest BCUT2D eigenvalue weighted by Gasteiger charge is -2.13. The molecular formula is C23H26ClN5O5S. The number of hydrogen-bond acceptors (Lipinski definition) is 8. The first-order valence-electron chi connectivity index (χ1n) is 10.8. The van der Waals surface area contributed by atoms with Crippen LogP contribution in [-0.4, -0.2) is 37.6 Å². The van der Waals surface area contributed by atoms with E-state index >= 15 is 0 Å². The number of aromatic nitrogens is 3. The molecule has 0 spiro atoms. The molecule has 12 heteroatoms. The average molecular weight is 520 g/mol. The van der Waals surface area contributed by atoms with Gasteiger partial charge in [-0.2, -0.15) is 5.10 Å². The summed E-state index contributed by atoms with van der Waals surface area (Å²) in [4.78, 5) is 0.0665. The van der Waals surface area contributed by atoms with Gasteiger partial charge in [0.1, 0.15) is 21.8 Å². The number of sulfonamides is 1. The van der Waals surface area contributed by atoms with Gasteiger partial charge in [0.2, 0.25) is 0 Å². The number of nitrogens with one attached hydrogen (secondary N) is 1. The lowest BCUT2D eigenvalue weighted by molar-refractivity contribution is 0.402. The van der Waals surface area contributed by atoms with Crippen molar-refractivity contribution < 1.29 is 22.4 Å². The Morgan fingerprint density at radius 1 is 1.09 bits per heavy atom. The van der Waals surface area contributed by atoms with Crippen LogP contribution in [0.15, 0.2) is 46.1 Å². The number of nitrogens with two attached hydrogens (primary N) is 1. The molecule has 1 aliphatic rings. The molecule has 4 aromatic rings. The highest BCUT2D eigenvalue weighted by molar-refractivity contribution is 7.92. The minimum absolute atomic E-state index is 0. The third kappa shape index (κ3) is 4.66. The maximum atomic E-state index is 13.3. The largest absolute Gasteiger partial charge is 0.496 e. The molecular weight excluding hydrogens is 494 g/mol. The average Bonchev–Trinajstić information content (AvgIpc) is 3.57. The SMILES string of the molecule is COc1cc2c(cc1S(=O)(=O)Nc1noc3cc(Cn4cc(CN)cn4)cc(OC)c13)CCC2.Cl. The summed E-state index contributed by atoms with van der Waals surface area (Å²) in [6, 6.07) is 7.07. The highest BCUT2D eigenvalue weighted by atomic mass is 35.5. The lowest BCUT2D eigenvalue weighted by atomic mass is 10.1. The second kappa shape index (κ2) is 9.76. The first kappa shape index (κ1) is 24.8. The number of benzene rings is 2. The van der Waals surface area contributed by atoms with Crippen molar-refractivity contribution in [2.24, 2.45) is 5.73 Å². The Morgan fingerprint density at radius 3 is 2.51 bits per heavy atom. The smallest absolute Gasteiger partial charge is 0.266 e. The van der Waals surface area contributed by atoms with E-state index in [0.717, 1.165) is 41.5 Å². The molecule has 2 aromatic heterocycles. The number of aryl methyl sites for hydroxylation is 2. The van der Waals surface area contributed by atoms with Crippen molar-refractivity contribution in [1.82, 2.24) is 14.9 Å². The molecule has 2 aromatic carbocycles. The number of rotatable bonds is 8. The molecule has 3 N–H and O–H groups in total. The van der Waals surface area contributed by atoms with Crippen molar-refractivity contribution in [3.05, 3.63) is 58.9 Å². The topological polar surface area (TPSA) is 134 Å². The van der Waals surface area contributed by atoms with Crippen molar-refractivity contribution in [2.75, 3.05) is 18.9 Å². The van der Waals surface area contributed by atoms with Crippen LogP contribution < -0.4 is 19.9 Å². The van der Waals surface area contributed by atoms with E-state index in [1.165, 1.54) is 14.2 Å². The van der Waals surface area contributed by atoms with Crippen molar-refractivity contribution in [2.45, 2.75) is 37.2 Å². The summed E-state index contributed by atoms with van der Waals surface area (Å²) in [5, 5.41) is 8.70. The summed E-state index contributed by atoms with van der Waals surface area (Å²) >= 11 is 0. The van der Waals surface area contributed by atoms with Crippen molar-refractivity contribution in [1.29, 1.82) is 0 Å². The van der Waals surface area contributed by atoms with Crippen LogP contribution in [-0.2, 0) is 36.0 Å². The van der Waals surface area contributed by atoms with Gasteiger partial charge >= 0.3 is 0 Å². The number of hydrogen-bond donors (Lipinski definition) is 2. The van der Waals surface area contributed by atoms with Crippen LogP contribution in [0.4, 0.5) is 5.82 Å². The van der Waals surface area contributed by atoms with Crippen LogP contribution in [0.25, 0.3) is 11.0 Å². The molecule has 186 valence electrons. The fraction of sp³-hybridized carbons (Fsp3) is 0.304. The lowest BCUT2D eigenvalue weighted by Crippen LogP contribution is -2.15. The van der Waals surface area contributed by atoms with E-state index in [1.54, 1.807) is 35.1 Å². The number of halogens is 1. The standard InChI is InChI=1S/C23H25N5O5S.ClH/c1-31-18-8-16-4-3-5-17(16)9-21(18)34(29,30)27-23-22-19(32-2)6-14(7-20(22)33-26-23)12-28-13-15(10-24)11-25-28;/h6-9,11,13H,3-5,10,12,24H2,1-2H3,(H,26,27);1H. The summed E-state index contributed by atoms with van der Waals surface area (Å²) in [5.41, 5.74) is 9.95. The van der Waals surface area contributed by atoms with E-state index in [4.69, 9.17) is 19.7 Å². The van der Waals surface area contributed by atoms with Crippen LogP contribution in [0.3, 0.4) is 0 Å². The highest BCUT2D eigenvalue weighted by Crippen LogP contribution is 2.37. The van der Waals surface area contributed by atoms with Crippen LogP contribution in [0, 0.1) is 0 Å². The van der Waals surface area contributed by atoms with E-state index in [2.05, 4.69) is 15.0 Å². The summed E-state index contributed by atoms with van der Waals surface area (Å²) in [6.07, 6.45) is 6.33. The van der Waals surface area contributed by atoms with Crippen LogP contribution >= 0.6 is 12.4 Å². The Bertz CT molecular complexity index is 1480. The molecule has 2 heterocycles. The molecule has 0 saturated carbocycles. The molecule has 0 radical (unpaired) electrons. The monoisotopic (exact) mass is 519 g/mol. The van der Waals surface area contributed by atoms with Gasteiger partial charge in [-0.3, -0.25) is 9.40 Å². The van der Waals surface area contributed by atoms with Crippen LogP contribution in [0.1, 0.15) is 28.7 Å². The van der Waals surface area contributed by atoms with Gasteiger partial charge in [-0.1, -0.05) is 5.16 Å². The maximum Gasteiger partial charge on any atom is 0.266 e. The van der Waals surface area contributed by atoms with Gasteiger partial charge in [0, 0.05) is 18.3 Å².